The van der Waals surface area contributed by atoms with Crippen LogP contribution in [0.5, 0.6) is 0 Å². The number of ether oxygens (including phenoxy) is 1. The Morgan fingerprint density at radius 3 is 2.50 bits per heavy atom. The van der Waals surface area contributed by atoms with Crippen molar-refractivity contribution in [3.8, 4) is 11.4 Å². The van der Waals surface area contributed by atoms with E-state index < -0.39 is 11.5 Å². The normalized spacial score (nSPS) is 11.5. The Hall–Kier alpha value is -3.29. The number of carbonyl (C=O) groups is 1. The highest BCUT2D eigenvalue weighted by molar-refractivity contribution is 5.88. The van der Waals surface area contributed by atoms with Gasteiger partial charge in [-0.3, -0.25) is 9.36 Å². The molecule has 2 aromatic heterocycles. The Labute approximate surface area is 162 Å². The lowest BCUT2D eigenvalue weighted by atomic mass is 9.87. The number of hydrogen-bond acceptors (Lipinski definition) is 7. The monoisotopic (exact) mass is 382 g/mol. The van der Waals surface area contributed by atoms with Gasteiger partial charge in [0, 0.05) is 11.8 Å². The molecule has 0 aliphatic heterocycles. The molecule has 8 nitrogen and oxygen atoms in total. The van der Waals surface area contributed by atoms with Crippen molar-refractivity contribution in [2.24, 2.45) is 0 Å². The number of aromatic nitrogens is 4. The molecule has 0 unspecified atom stereocenters. The molecular formula is C20H22N4O4. The van der Waals surface area contributed by atoms with Crippen LogP contribution in [0.2, 0.25) is 0 Å². The smallest absolute Gasteiger partial charge is 0.345 e. The Morgan fingerprint density at radius 2 is 1.89 bits per heavy atom. The average Bonchev–Trinajstić information content (AvgIpc) is 3.12. The van der Waals surface area contributed by atoms with Gasteiger partial charge in [0.15, 0.2) is 0 Å². The van der Waals surface area contributed by atoms with Crippen molar-refractivity contribution in [3.05, 3.63) is 63.7 Å². The molecule has 0 saturated carbocycles. The number of hydrogen-bond donors (Lipinski definition) is 0. The summed E-state index contributed by atoms with van der Waals surface area (Å²) in [5, 5.41) is 3.99. The molecule has 3 aromatic rings. The van der Waals surface area contributed by atoms with Gasteiger partial charge < -0.3 is 9.26 Å². The highest BCUT2D eigenvalue weighted by Crippen LogP contribution is 2.25. The van der Waals surface area contributed by atoms with E-state index in [1.54, 1.807) is 6.92 Å². The summed E-state index contributed by atoms with van der Waals surface area (Å²) in [7, 11) is 1.21. The molecule has 28 heavy (non-hydrogen) atoms. The van der Waals surface area contributed by atoms with E-state index in [1.165, 1.54) is 23.4 Å². The molecule has 0 atom stereocenters. The summed E-state index contributed by atoms with van der Waals surface area (Å²) < 4.78 is 11.2. The van der Waals surface area contributed by atoms with Gasteiger partial charge in [0.1, 0.15) is 17.9 Å². The molecule has 0 aliphatic carbocycles. The van der Waals surface area contributed by atoms with Crippen molar-refractivity contribution in [2.75, 3.05) is 7.11 Å². The maximum atomic E-state index is 12.5. The number of aryl methyl sites for hydroxylation is 1. The predicted octanol–water partition coefficient (Wildman–Crippen LogP) is 2.73. The van der Waals surface area contributed by atoms with Gasteiger partial charge in [-0.05, 0) is 17.9 Å². The van der Waals surface area contributed by atoms with E-state index in [1.807, 2.05) is 24.3 Å². The SMILES string of the molecule is COC(=O)c1cnc(C)n(Cc2nc(-c3ccc(C(C)(C)C)cc3)no2)c1=O. The van der Waals surface area contributed by atoms with Crippen LogP contribution in [-0.4, -0.2) is 32.8 Å². The molecule has 146 valence electrons. The predicted molar refractivity (Wildman–Crippen MR) is 102 cm³/mol. The first-order chi connectivity index (χ1) is 13.2. The van der Waals surface area contributed by atoms with E-state index in [0.717, 1.165) is 5.56 Å². The van der Waals surface area contributed by atoms with Gasteiger partial charge in [0.2, 0.25) is 11.7 Å². The largest absolute Gasteiger partial charge is 0.465 e. The zero-order valence-electron chi connectivity index (χ0n) is 16.5. The maximum absolute atomic E-state index is 12.5. The maximum Gasteiger partial charge on any atom is 0.345 e. The standard InChI is InChI=1S/C20H22N4O4/c1-12-21-10-15(19(26)27-5)18(25)24(12)11-16-22-17(23-28-16)13-6-8-14(9-7-13)20(2,3)4/h6-10H,11H2,1-5H3. The summed E-state index contributed by atoms with van der Waals surface area (Å²) in [5.74, 6) is 0.352. The van der Waals surface area contributed by atoms with Crippen LogP contribution in [0.3, 0.4) is 0 Å². The zero-order valence-corrected chi connectivity index (χ0v) is 16.5. The van der Waals surface area contributed by atoms with Crippen LogP contribution >= 0.6 is 0 Å². The van der Waals surface area contributed by atoms with Gasteiger partial charge in [0.05, 0.1) is 7.11 Å². The Kier molecular flexibility index (Phi) is 5.13. The van der Waals surface area contributed by atoms with Gasteiger partial charge in [0.25, 0.3) is 5.56 Å². The van der Waals surface area contributed by atoms with E-state index in [9.17, 15) is 9.59 Å². The summed E-state index contributed by atoms with van der Waals surface area (Å²) in [6.45, 7) is 8.10. The third-order valence-electron chi connectivity index (χ3n) is 4.42. The molecule has 8 heteroatoms. The van der Waals surface area contributed by atoms with E-state index in [-0.39, 0.29) is 23.4 Å². The van der Waals surface area contributed by atoms with E-state index in [0.29, 0.717) is 11.6 Å². The third kappa shape index (κ3) is 3.85. The highest BCUT2D eigenvalue weighted by atomic mass is 16.5. The minimum atomic E-state index is -0.739. The van der Waals surface area contributed by atoms with Crippen LogP contribution in [0.4, 0.5) is 0 Å². The summed E-state index contributed by atoms with van der Waals surface area (Å²) in [6.07, 6.45) is 1.20. The fraction of sp³-hybridized carbons (Fsp3) is 0.350. The highest BCUT2D eigenvalue weighted by Gasteiger charge is 2.18. The summed E-state index contributed by atoms with van der Waals surface area (Å²) in [4.78, 5) is 32.7. The van der Waals surface area contributed by atoms with Crippen molar-refractivity contribution in [2.45, 2.75) is 39.7 Å². The lowest BCUT2D eigenvalue weighted by molar-refractivity contribution is 0.0597. The Morgan fingerprint density at radius 1 is 1.21 bits per heavy atom. The number of methoxy groups -OCH3 is 1. The summed E-state index contributed by atoms with van der Waals surface area (Å²) in [6, 6.07) is 7.94. The lowest BCUT2D eigenvalue weighted by Crippen LogP contribution is -2.30. The number of benzene rings is 1. The minimum absolute atomic E-state index is 0.00950. The molecule has 0 spiro atoms. The van der Waals surface area contributed by atoms with E-state index in [2.05, 4.69) is 40.6 Å². The van der Waals surface area contributed by atoms with Crippen molar-refractivity contribution in [1.82, 2.24) is 19.7 Å². The number of rotatable bonds is 4. The van der Waals surface area contributed by atoms with Crippen LogP contribution in [-0.2, 0) is 16.7 Å². The van der Waals surface area contributed by atoms with Crippen LogP contribution in [0.25, 0.3) is 11.4 Å². The molecule has 0 N–H and O–H groups in total. The third-order valence-corrected chi connectivity index (χ3v) is 4.42. The molecule has 0 fully saturated rings. The molecule has 0 bridgehead atoms. The minimum Gasteiger partial charge on any atom is -0.465 e. The molecular weight excluding hydrogens is 360 g/mol. The van der Waals surface area contributed by atoms with Crippen molar-refractivity contribution in [1.29, 1.82) is 0 Å². The molecule has 0 radical (unpaired) electrons. The molecule has 0 aliphatic rings. The first-order valence-corrected chi connectivity index (χ1v) is 8.79. The average molecular weight is 382 g/mol. The fourth-order valence-corrected chi connectivity index (χ4v) is 2.70. The molecule has 3 rings (SSSR count). The first-order valence-electron chi connectivity index (χ1n) is 8.79. The lowest BCUT2D eigenvalue weighted by Gasteiger charge is -2.18. The number of carbonyl (C=O) groups excluding carboxylic acids is 1. The summed E-state index contributed by atoms with van der Waals surface area (Å²) in [5.41, 5.74) is 1.40. The van der Waals surface area contributed by atoms with E-state index >= 15 is 0 Å². The quantitative estimate of drug-likeness (QED) is 0.640. The number of nitrogens with zero attached hydrogens (tertiary/aromatic N) is 4. The molecule has 0 amide bonds. The molecule has 1 aromatic carbocycles. The second kappa shape index (κ2) is 7.38. The molecule has 0 saturated heterocycles. The Bertz CT molecular complexity index is 1060. The summed E-state index contributed by atoms with van der Waals surface area (Å²) >= 11 is 0. The van der Waals surface area contributed by atoms with Crippen LogP contribution in [0.1, 0.15) is 48.4 Å². The second-order valence-electron chi connectivity index (χ2n) is 7.44. The number of esters is 1. The van der Waals surface area contributed by atoms with Gasteiger partial charge in [-0.15, -0.1) is 0 Å². The van der Waals surface area contributed by atoms with E-state index in [4.69, 9.17) is 4.52 Å². The Balaban J connectivity index is 1.88. The zero-order chi connectivity index (χ0) is 20.5. The fourth-order valence-electron chi connectivity index (χ4n) is 2.70. The first kappa shape index (κ1) is 19.5. The van der Waals surface area contributed by atoms with Crippen molar-refractivity contribution < 1.29 is 14.1 Å². The van der Waals surface area contributed by atoms with Gasteiger partial charge in [-0.25, -0.2) is 9.78 Å². The molecule has 2 heterocycles. The van der Waals surface area contributed by atoms with Gasteiger partial charge in [-0.1, -0.05) is 50.2 Å². The van der Waals surface area contributed by atoms with Crippen molar-refractivity contribution in [3.63, 3.8) is 0 Å². The van der Waals surface area contributed by atoms with Gasteiger partial charge >= 0.3 is 5.97 Å². The second-order valence-corrected chi connectivity index (χ2v) is 7.44. The van der Waals surface area contributed by atoms with Gasteiger partial charge in [-0.2, -0.15) is 4.98 Å². The van der Waals surface area contributed by atoms with Crippen LogP contribution in [0.15, 0.2) is 39.8 Å². The van der Waals surface area contributed by atoms with Crippen LogP contribution < -0.4 is 5.56 Å². The topological polar surface area (TPSA) is 100 Å². The van der Waals surface area contributed by atoms with Crippen LogP contribution in [0, 0.1) is 6.92 Å². The van der Waals surface area contributed by atoms with Crippen molar-refractivity contribution >= 4 is 5.97 Å².